The average molecular weight is 490 g/mol. The van der Waals surface area contributed by atoms with Crippen LogP contribution in [-0.2, 0) is 17.3 Å². The third-order valence-corrected chi connectivity index (χ3v) is 7.24. The minimum Gasteiger partial charge on any atom is -0.455 e. The first-order chi connectivity index (χ1) is 17.4. The van der Waals surface area contributed by atoms with Gasteiger partial charge in [0, 0.05) is 22.5 Å². The van der Waals surface area contributed by atoms with Crippen LogP contribution in [0.4, 0.5) is 0 Å². The maximum absolute atomic E-state index is 6.58. The molecule has 3 aromatic carbocycles. The molecule has 0 bridgehead atoms. The van der Waals surface area contributed by atoms with Gasteiger partial charge in [0.25, 0.3) is 0 Å². The largest absolute Gasteiger partial charge is 0.455 e. The molecule has 190 valence electrons. The quantitative estimate of drug-likeness (QED) is 0.251. The normalized spacial score (nSPS) is 12.7. The molecule has 0 N–H and O–H groups in total. The van der Waals surface area contributed by atoms with Gasteiger partial charge in [0.1, 0.15) is 11.2 Å². The van der Waals surface area contributed by atoms with Crippen LogP contribution in [0, 0.1) is 5.92 Å². The van der Waals surface area contributed by atoms with Crippen molar-refractivity contribution in [1.82, 2.24) is 4.98 Å². The summed E-state index contributed by atoms with van der Waals surface area (Å²) in [5.41, 5.74) is 10.4. The molecule has 2 heterocycles. The smallest absolute Gasteiger partial charge is 0.144 e. The van der Waals surface area contributed by atoms with Gasteiger partial charge in [-0.15, -0.1) is 0 Å². The maximum Gasteiger partial charge on any atom is 0.144 e. The summed E-state index contributed by atoms with van der Waals surface area (Å²) in [6.45, 7) is 18.2. The van der Waals surface area contributed by atoms with Crippen molar-refractivity contribution in [3.8, 4) is 22.4 Å². The molecule has 0 radical (unpaired) electrons. The first kappa shape index (κ1) is 25.3. The molecule has 37 heavy (non-hydrogen) atoms. The second-order valence-corrected chi connectivity index (χ2v) is 12.9. The van der Waals surface area contributed by atoms with Gasteiger partial charge in [-0.1, -0.05) is 91.8 Å². The van der Waals surface area contributed by atoms with E-state index in [1.165, 1.54) is 27.8 Å². The molecule has 0 fully saturated rings. The lowest BCUT2D eigenvalue weighted by atomic mass is 9.79. The number of benzene rings is 3. The number of para-hydroxylation sites is 1. The summed E-state index contributed by atoms with van der Waals surface area (Å²) in [5.74, 6) is 0.603. The van der Waals surface area contributed by atoms with Gasteiger partial charge in [-0.25, -0.2) is 0 Å². The Hall–Kier alpha value is -3.39. The van der Waals surface area contributed by atoms with Gasteiger partial charge in [-0.3, -0.25) is 4.98 Å². The predicted octanol–water partition coefficient (Wildman–Crippen LogP) is 10.1. The molecule has 0 saturated carbocycles. The SMILES string of the molecule is CC(C)Cc1ccnc(-c2cccc3c2oc2cc(-c4cc(C(C)(C)C)cc(C(C)(C)C)c4)ccc23)c1. The van der Waals surface area contributed by atoms with E-state index < -0.39 is 0 Å². The van der Waals surface area contributed by atoms with Gasteiger partial charge in [0.2, 0.25) is 0 Å². The fraction of sp³-hybridized carbons (Fsp3) is 0.343. The zero-order valence-electron chi connectivity index (χ0n) is 23.6. The fourth-order valence-corrected chi connectivity index (χ4v) is 5.06. The van der Waals surface area contributed by atoms with Crippen molar-refractivity contribution in [3.05, 3.63) is 89.6 Å². The highest BCUT2D eigenvalue weighted by Crippen LogP contribution is 2.39. The lowest BCUT2D eigenvalue weighted by molar-refractivity contribution is 0.569. The van der Waals surface area contributed by atoms with Crippen LogP contribution in [0.2, 0.25) is 0 Å². The summed E-state index contributed by atoms with van der Waals surface area (Å²) in [6.07, 6.45) is 2.96. The first-order valence-electron chi connectivity index (χ1n) is 13.5. The molecule has 0 aliphatic rings. The number of fused-ring (bicyclic) bond motifs is 3. The van der Waals surface area contributed by atoms with Crippen LogP contribution in [0.25, 0.3) is 44.3 Å². The van der Waals surface area contributed by atoms with Gasteiger partial charge in [0.15, 0.2) is 0 Å². The van der Waals surface area contributed by atoms with Crippen LogP contribution < -0.4 is 0 Å². The zero-order chi connectivity index (χ0) is 26.5. The highest BCUT2D eigenvalue weighted by molar-refractivity contribution is 6.10. The third-order valence-electron chi connectivity index (χ3n) is 7.24. The average Bonchev–Trinajstić information content (AvgIpc) is 3.20. The second kappa shape index (κ2) is 9.17. The van der Waals surface area contributed by atoms with Crippen LogP contribution in [-0.4, -0.2) is 4.98 Å². The van der Waals surface area contributed by atoms with E-state index in [2.05, 4.69) is 122 Å². The van der Waals surface area contributed by atoms with Gasteiger partial charge >= 0.3 is 0 Å². The highest BCUT2D eigenvalue weighted by Gasteiger charge is 2.21. The maximum atomic E-state index is 6.58. The minimum absolute atomic E-state index is 0.0749. The van der Waals surface area contributed by atoms with Crippen molar-refractivity contribution >= 4 is 21.9 Å². The molecule has 0 spiro atoms. The Balaban J connectivity index is 1.65. The second-order valence-electron chi connectivity index (χ2n) is 12.9. The third kappa shape index (κ3) is 5.07. The van der Waals surface area contributed by atoms with Gasteiger partial charge < -0.3 is 4.42 Å². The molecule has 5 aromatic rings. The number of aromatic nitrogens is 1. The van der Waals surface area contributed by atoms with Crippen molar-refractivity contribution in [2.45, 2.75) is 72.6 Å². The number of hydrogen-bond acceptors (Lipinski definition) is 2. The van der Waals surface area contributed by atoms with Crippen LogP contribution >= 0.6 is 0 Å². The summed E-state index contributed by atoms with van der Waals surface area (Å²) >= 11 is 0. The van der Waals surface area contributed by atoms with Gasteiger partial charge in [-0.05, 0) is 81.3 Å². The van der Waals surface area contributed by atoms with Gasteiger partial charge in [0.05, 0.1) is 5.69 Å². The van der Waals surface area contributed by atoms with E-state index in [1.807, 2.05) is 6.20 Å². The molecule has 2 aromatic heterocycles. The lowest BCUT2D eigenvalue weighted by Gasteiger charge is -2.26. The number of furan rings is 1. The number of rotatable bonds is 4. The van der Waals surface area contributed by atoms with Crippen molar-refractivity contribution < 1.29 is 4.42 Å². The molecule has 0 aliphatic carbocycles. The van der Waals surface area contributed by atoms with Crippen LogP contribution in [0.3, 0.4) is 0 Å². The molecule has 0 saturated heterocycles. The van der Waals surface area contributed by atoms with Crippen molar-refractivity contribution in [2.75, 3.05) is 0 Å². The fourth-order valence-electron chi connectivity index (χ4n) is 5.06. The molecule has 5 rings (SSSR count). The standard InChI is InChI=1S/C35H39NO/c1-22(2)16-23-14-15-36-31(17-23)30-11-9-10-29-28-13-12-24(20-32(28)37-33(29)30)25-18-26(34(3,4)5)21-27(19-25)35(6,7)8/h9-15,17-22H,16H2,1-8H3. The molecule has 0 amide bonds. The van der Waals surface area contributed by atoms with Crippen LogP contribution in [0.5, 0.6) is 0 Å². The molecule has 0 aliphatic heterocycles. The summed E-state index contributed by atoms with van der Waals surface area (Å²) in [4.78, 5) is 4.71. The summed E-state index contributed by atoms with van der Waals surface area (Å²) in [7, 11) is 0. The Kier molecular flexibility index (Phi) is 6.26. The lowest BCUT2D eigenvalue weighted by Crippen LogP contribution is -2.16. The molecular weight excluding hydrogens is 450 g/mol. The van der Waals surface area contributed by atoms with Crippen molar-refractivity contribution in [1.29, 1.82) is 0 Å². The Morgan fingerprint density at radius 1 is 0.730 bits per heavy atom. The van der Waals surface area contributed by atoms with Crippen LogP contribution in [0.15, 0.2) is 77.3 Å². The minimum atomic E-state index is 0.0749. The zero-order valence-corrected chi connectivity index (χ0v) is 23.6. The predicted molar refractivity (Wildman–Crippen MR) is 158 cm³/mol. The Labute approximate surface area is 221 Å². The monoisotopic (exact) mass is 489 g/mol. The van der Waals surface area contributed by atoms with Crippen LogP contribution in [0.1, 0.15) is 72.1 Å². The Morgan fingerprint density at radius 3 is 2.08 bits per heavy atom. The summed E-state index contributed by atoms with van der Waals surface area (Å²) in [6, 6.07) is 24.4. The Morgan fingerprint density at radius 2 is 1.43 bits per heavy atom. The van der Waals surface area contributed by atoms with E-state index in [-0.39, 0.29) is 10.8 Å². The van der Waals surface area contributed by atoms with E-state index >= 15 is 0 Å². The first-order valence-corrected chi connectivity index (χ1v) is 13.5. The molecule has 2 heteroatoms. The molecule has 0 unspecified atom stereocenters. The molecule has 2 nitrogen and oxygen atoms in total. The van der Waals surface area contributed by atoms with Crippen molar-refractivity contribution in [3.63, 3.8) is 0 Å². The summed E-state index contributed by atoms with van der Waals surface area (Å²) < 4.78 is 6.58. The highest BCUT2D eigenvalue weighted by atomic mass is 16.3. The van der Waals surface area contributed by atoms with E-state index in [0.29, 0.717) is 5.92 Å². The number of pyridine rings is 1. The molecular formula is C35H39NO. The van der Waals surface area contributed by atoms with E-state index in [0.717, 1.165) is 39.6 Å². The van der Waals surface area contributed by atoms with E-state index in [1.54, 1.807) is 0 Å². The number of nitrogens with zero attached hydrogens (tertiary/aromatic N) is 1. The Bertz CT molecular complexity index is 1560. The molecule has 0 atom stereocenters. The van der Waals surface area contributed by atoms with E-state index in [9.17, 15) is 0 Å². The topological polar surface area (TPSA) is 26.0 Å². The number of hydrogen-bond donors (Lipinski definition) is 0. The summed E-state index contributed by atoms with van der Waals surface area (Å²) in [5, 5.41) is 2.27. The van der Waals surface area contributed by atoms with Gasteiger partial charge in [-0.2, -0.15) is 0 Å². The van der Waals surface area contributed by atoms with E-state index in [4.69, 9.17) is 9.40 Å². The van der Waals surface area contributed by atoms with Crippen molar-refractivity contribution in [2.24, 2.45) is 5.92 Å².